The minimum Gasteiger partial charge on any atom is -0.271 e. The molecule has 100 valence electrons. The molecular formula is C14H20ClFN2. The average molecular weight is 271 g/mol. The summed E-state index contributed by atoms with van der Waals surface area (Å²) in [5.74, 6) is 6.11. The van der Waals surface area contributed by atoms with E-state index in [1.165, 1.54) is 37.8 Å². The molecule has 18 heavy (non-hydrogen) atoms. The maximum absolute atomic E-state index is 13.3. The van der Waals surface area contributed by atoms with E-state index in [2.05, 4.69) is 5.43 Å². The van der Waals surface area contributed by atoms with Crippen LogP contribution >= 0.6 is 11.6 Å². The summed E-state index contributed by atoms with van der Waals surface area (Å²) in [6, 6.07) is 4.37. The Labute approximate surface area is 113 Å². The largest absolute Gasteiger partial charge is 0.271 e. The lowest BCUT2D eigenvalue weighted by molar-refractivity contribution is 0.415. The van der Waals surface area contributed by atoms with E-state index >= 15 is 0 Å². The fraction of sp³-hybridized carbons (Fsp3) is 0.571. The van der Waals surface area contributed by atoms with Gasteiger partial charge in [-0.3, -0.25) is 11.3 Å². The molecule has 1 aromatic rings. The molecule has 1 atom stereocenters. The lowest BCUT2D eigenvalue weighted by Crippen LogP contribution is -2.28. The first kappa shape index (κ1) is 13.8. The maximum atomic E-state index is 13.3. The molecule has 1 aromatic carbocycles. The topological polar surface area (TPSA) is 38.0 Å². The summed E-state index contributed by atoms with van der Waals surface area (Å²) in [6.07, 6.45) is 7.34. The van der Waals surface area contributed by atoms with Crippen molar-refractivity contribution in [1.29, 1.82) is 0 Å². The van der Waals surface area contributed by atoms with E-state index in [0.717, 1.165) is 24.3 Å². The molecule has 1 unspecified atom stereocenters. The summed E-state index contributed by atoms with van der Waals surface area (Å²) in [5, 5.41) is 0.575. The fourth-order valence-electron chi connectivity index (χ4n) is 2.81. The van der Waals surface area contributed by atoms with Gasteiger partial charge in [0.05, 0.1) is 0 Å². The number of benzene rings is 1. The minimum absolute atomic E-state index is 0.0613. The third kappa shape index (κ3) is 3.44. The molecule has 0 amide bonds. The van der Waals surface area contributed by atoms with Gasteiger partial charge in [-0.2, -0.15) is 0 Å². The van der Waals surface area contributed by atoms with Crippen LogP contribution in [0.15, 0.2) is 18.2 Å². The van der Waals surface area contributed by atoms with Crippen LogP contribution in [-0.4, -0.2) is 0 Å². The number of hydrogen-bond acceptors (Lipinski definition) is 2. The summed E-state index contributed by atoms with van der Waals surface area (Å²) < 4.78 is 13.3. The minimum atomic E-state index is -0.268. The Balaban J connectivity index is 2.00. The van der Waals surface area contributed by atoms with Gasteiger partial charge in [-0.15, -0.1) is 0 Å². The molecule has 3 N–H and O–H groups in total. The number of nitrogens with two attached hydrogens (primary N) is 1. The number of rotatable bonds is 5. The molecule has 0 heterocycles. The van der Waals surface area contributed by atoms with Crippen molar-refractivity contribution in [2.45, 2.75) is 44.6 Å². The molecule has 2 rings (SSSR count). The van der Waals surface area contributed by atoms with Crippen molar-refractivity contribution in [3.8, 4) is 0 Å². The summed E-state index contributed by atoms with van der Waals surface area (Å²) in [6.45, 7) is 0. The van der Waals surface area contributed by atoms with Crippen molar-refractivity contribution in [1.82, 2.24) is 5.43 Å². The second kappa shape index (κ2) is 6.50. The van der Waals surface area contributed by atoms with Gasteiger partial charge in [0.15, 0.2) is 0 Å². The summed E-state index contributed by atoms with van der Waals surface area (Å²) in [7, 11) is 0. The molecule has 1 aliphatic carbocycles. The molecule has 0 spiro atoms. The van der Waals surface area contributed by atoms with Crippen molar-refractivity contribution in [3.05, 3.63) is 34.6 Å². The highest BCUT2D eigenvalue weighted by Gasteiger charge is 2.19. The van der Waals surface area contributed by atoms with E-state index in [1.54, 1.807) is 6.07 Å². The van der Waals surface area contributed by atoms with Gasteiger partial charge in [-0.1, -0.05) is 37.3 Å². The monoisotopic (exact) mass is 270 g/mol. The van der Waals surface area contributed by atoms with Gasteiger partial charge >= 0.3 is 0 Å². The molecular weight excluding hydrogens is 251 g/mol. The first-order valence-electron chi connectivity index (χ1n) is 6.62. The molecule has 2 nitrogen and oxygen atoms in total. The highest BCUT2D eigenvalue weighted by atomic mass is 35.5. The van der Waals surface area contributed by atoms with E-state index < -0.39 is 0 Å². The second-order valence-corrected chi connectivity index (χ2v) is 5.52. The Morgan fingerprint density at radius 1 is 1.39 bits per heavy atom. The van der Waals surface area contributed by atoms with Crippen LogP contribution in [0, 0.1) is 11.7 Å². The van der Waals surface area contributed by atoms with Gasteiger partial charge in [-0.25, -0.2) is 4.39 Å². The summed E-state index contributed by atoms with van der Waals surface area (Å²) in [5.41, 5.74) is 3.52. The van der Waals surface area contributed by atoms with Crippen LogP contribution in [-0.2, 0) is 0 Å². The van der Waals surface area contributed by atoms with Crippen LogP contribution in [0.2, 0.25) is 5.02 Å². The van der Waals surface area contributed by atoms with E-state index in [0.29, 0.717) is 5.02 Å². The number of nitrogens with one attached hydrogen (secondary N) is 1. The standard InChI is InChI=1S/C14H20ClFN2/c15-13-7-6-11(16)9-12(13)14(18-17)8-5-10-3-1-2-4-10/h6-7,9-10,14,18H,1-5,8,17H2. The Kier molecular flexibility index (Phi) is 4.98. The van der Waals surface area contributed by atoms with Crippen LogP contribution in [0.4, 0.5) is 4.39 Å². The summed E-state index contributed by atoms with van der Waals surface area (Å²) >= 11 is 6.10. The highest BCUT2D eigenvalue weighted by molar-refractivity contribution is 6.31. The van der Waals surface area contributed by atoms with Crippen molar-refractivity contribution >= 4 is 11.6 Å². The molecule has 1 fully saturated rings. The Morgan fingerprint density at radius 3 is 2.78 bits per heavy atom. The maximum Gasteiger partial charge on any atom is 0.123 e. The smallest absolute Gasteiger partial charge is 0.123 e. The van der Waals surface area contributed by atoms with Crippen LogP contribution in [0.5, 0.6) is 0 Å². The van der Waals surface area contributed by atoms with Gasteiger partial charge in [0.25, 0.3) is 0 Å². The molecule has 0 saturated heterocycles. The van der Waals surface area contributed by atoms with E-state index in [4.69, 9.17) is 17.4 Å². The van der Waals surface area contributed by atoms with Crippen LogP contribution in [0.3, 0.4) is 0 Å². The normalized spacial score (nSPS) is 18.2. The number of hydrogen-bond donors (Lipinski definition) is 2. The van der Waals surface area contributed by atoms with Crippen LogP contribution in [0.25, 0.3) is 0 Å². The quantitative estimate of drug-likeness (QED) is 0.628. The Hall–Kier alpha value is -0.640. The third-order valence-corrected chi connectivity index (χ3v) is 4.22. The van der Waals surface area contributed by atoms with Crippen molar-refractivity contribution in [2.75, 3.05) is 0 Å². The average Bonchev–Trinajstić information content (AvgIpc) is 2.87. The molecule has 0 bridgehead atoms. The zero-order chi connectivity index (χ0) is 13.0. The van der Waals surface area contributed by atoms with Crippen molar-refractivity contribution in [2.24, 2.45) is 11.8 Å². The van der Waals surface area contributed by atoms with Gasteiger partial charge < -0.3 is 0 Å². The first-order valence-corrected chi connectivity index (χ1v) is 6.99. The van der Waals surface area contributed by atoms with E-state index in [9.17, 15) is 4.39 Å². The zero-order valence-corrected chi connectivity index (χ0v) is 11.2. The molecule has 0 aliphatic heterocycles. The Morgan fingerprint density at radius 2 is 2.11 bits per heavy atom. The van der Waals surface area contributed by atoms with E-state index in [1.807, 2.05) is 0 Å². The first-order chi connectivity index (χ1) is 8.70. The predicted octanol–water partition coefficient (Wildman–Crippen LogP) is 3.95. The van der Waals surface area contributed by atoms with Crippen LogP contribution in [0.1, 0.15) is 50.1 Å². The molecule has 0 aromatic heterocycles. The van der Waals surface area contributed by atoms with Crippen molar-refractivity contribution < 1.29 is 4.39 Å². The predicted molar refractivity (Wildman–Crippen MR) is 72.7 cm³/mol. The van der Waals surface area contributed by atoms with Gasteiger partial charge in [0.1, 0.15) is 5.82 Å². The molecule has 1 saturated carbocycles. The zero-order valence-electron chi connectivity index (χ0n) is 10.5. The summed E-state index contributed by atoms with van der Waals surface area (Å²) in [4.78, 5) is 0. The van der Waals surface area contributed by atoms with Gasteiger partial charge in [0.2, 0.25) is 0 Å². The van der Waals surface area contributed by atoms with Gasteiger partial charge in [0, 0.05) is 11.1 Å². The SMILES string of the molecule is NNC(CCC1CCCC1)c1cc(F)ccc1Cl. The second-order valence-electron chi connectivity index (χ2n) is 5.11. The van der Waals surface area contributed by atoms with Crippen LogP contribution < -0.4 is 11.3 Å². The Bertz CT molecular complexity index is 391. The van der Waals surface area contributed by atoms with Gasteiger partial charge in [-0.05, 0) is 42.5 Å². The number of hydrazine groups is 1. The molecule has 1 aliphatic rings. The fourth-order valence-corrected chi connectivity index (χ4v) is 3.06. The van der Waals surface area contributed by atoms with E-state index in [-0.39, 0.29) is 11.9 Å². The lowest BCUT2D eigenvalue weighted by atomic mass is 9.95. The molecule has 4 heteroatoms. The lowest BCUT2D eigenvalue weighted by Gasteiger charge is -2.19. The third-order valence-electron chi connectivity index (χ3n) is 3.87. The number of halogens is 2. The molecule has 0 radical (unpaired) electrons. The highest BCUT2D eigenvalue weighted by Crippen LogP contribution is 2.33. The van der Waals surface area contributed by atoms with Crippen molar-refractivity contribution in [3.63, 3.8) is 0 Å².